The molecular weight excluding hydrogens is 320 g/mol. The number of ether oxygens (including phenoxy) is 1. The van der Waals surface area contributed by atoms with Gasteiger partial charge in [0.05, 0.1) is 5.75 Å². The molecule has 0 aliphatic carbocycles. The molecule has 0 bridgehead atoms. The molecule has 1 aromatic rings. The smallest absolute Gasteiger partial charge is 0.264 e. The zero-order valence-electron chi connectivity index (χ0n) is 12.9. The first-order valence-electron chi connectivity index (χ1n) is 7.48. The monoisotopic (exact) mass is 340 g/mol. The van der Waals surface area contributed by atoms with E-state index in [-0.39, 0.29) is 17.2 Å². The van der Waals surface area contributed by atoms with E-state index in [1.54, 1.807) is 19.1 Å². The molecule has 1 saturated heterocycles. The van der Waals surface area contributed by atoms with E-state index in [0.29, 0.717) is 25.1 Å². The summed E-state index contributed by atoms with van der Waals surface area (Å²) in [7, 11) is -3.63. The Bertz CT molecular complexity index is 681. The summed E-state index contributed by atoms with van der Waals surface area (Å²) in [6.45, 7) is 2.28. The molecule has 1 atom stereocenters. The number of sulfonamides is 1. The SMILES string of the molecule is CCCS(=O)(=O)NC(=O)c1cccc(NC(=O)[C@@H]2CCCO2)c1. The summed E-state index contributed by atoms with van der Waals surface area (Å²) in [6.07, 6.45) is 1.45. The zero-order valence-corrected chi connectivity index (χ0v) is 13.7. The maximum atomic E-state index is 12.0. The molecule has 2 amide bonds. The van der Waals surface area contributed by atoms with Crippen molar-refractivity contribution >= 4 is 27.5 Å². The van der Waals surface area contributed by atoms with Crippen LogP contribution in [0.1, 0.15) is 36.5 Å². The lowest BCUT2D eigenvalue weighted by molar-refractivity contribution is -0.124. The molecule has 23 heavy (non-hydrogen) atoms. The number of amides is 2. The first-order valence-corrected chi connectivity index (χ1v) is 9.14. The van der Waals surface area contributed by atoms with Gasteiger partial charge in [-0.15, -0.1) is 0 Å². The summed E-state index contributed by atoms with van der Waals surface area (Å²) in [5, 5.41) is 2.67. The van der Waals surface area contributed by atoms with Gasteiger partial charge in [0.25, 0.3) is 11.8 Å². The summed E-state index contributed by atoms with van der Waals surface area (Å²) in [5.41, 5.74) is 0.584. The molecule has 0 saturated carbocycles. The second-order valence-electron chi connectivity index (χ2n) is 5.32. The molecule has 1 aromatic carbocycles. The molecule has 1 fully saturated rings. The lowest BCUT2D eigenvalue weighted by Gasteiger charge is -2.11. The van der Waals surface area contributed by atoms with Crippen LogP contribution in [-0.2, 0) is 19.6 Å². The van der Waals surface area contributed by atoms with Gasteiger partial charge in [0, 0.05) is 17.9 Å². The molecule has 0 spiro atoms. The second-order valence-corrected chi connectivity index (χ2v) is 7.16. The predicted octanol–water partition coefficient (Wildman–Crippen LogP) is 1.27. The van der Waals surface area contributed by atoms with E-state index in [2.05, 4.69) is 5.32 Å². The molecule has 0 aromatic heterocycles. The topological polar surface area (TPSA) is 102 Å². The molecule has 7 nitrogen and oxygen atoms in total. The van der Waals surface area contributed by atoms with Gasteiger partial charge in [0.2, 0.25) is 10.0 Å². The van der Waals surface area contributed by atoms with Gasteiger partial charge in [-0.25, -0.2) is 13.1 Å². The van der Waals surface area contributed by atoms with E-state index in [1.807, 2.05) is 4.72 Å². The molecule has 2 N–H and O–H groups in total. The molecular formula is C15H20N2O5S. The van der Waals surface area contributed by atoms with E-state index in [1.165, 1.54) is 12.1 Å². The van der Waals surface area contributed by atoms with Gasteiger partial charge in [0.15, 0.2) is 0 Å². The van der Waals surface area contributed by atoms with Crippen molar-refractivity contribution in [3.63, 3.8) is 0 Å². The van der Waals surface area contributed by atoms with Gasteiger partial charge in [-0.2, -0.15) is 0 Å². The van der Waals surface area contributed by atoms with Crippen molar-refractivity contribution in [2.45, 2.75) is 32.3 Å². The van der Waals surface area contributed by atoms with Crippen LogP contribution in [0.2, 0.25) is 0 Å². The van der Waals surface area contributed by atoms with Crippen molar-refractivity contribution in [3.8, 4) is 0 Å². The minimum absolute atomic E-state index is 0.117. The quantitative estimate of drug-likeness (QED) is 0.812. The normalized spacial score (nSPS) is 17.7. The van der Waals surface area contributed by atoms with E-state index in [4.69, 9.17) is 4.74 Å². The van der Waals surface area contributed by atoms with Crippen molar-refractivity contribution < 1.29 is 22.7 Å². The predicted molar refractivity (Wildman–Crippen MR) is 85.6 cm³/mol. The summed E-state index contributed by atoms with van der Waals surface area (Å²) in [5.74, 6) is -1.10. The standard InChI is InChI=1S/C15H20N2O5S/c1-2-9-23(20,21)17-14(18)11-5-3-6-12(10-11)16-15(19)13-7-4-8-22-13/h3,5-6,10,13H,2,4,7-9H2,1H3,(H,16,19)(H,17,18)/t13-/m0/s1. The lowest BCUT2D eigenvalue weighted by atomic mass is 10.2. The number of anilines is 1. The van der Waals surface area contributed by atoms with Crippen LogP contribution in [0, 0.1) is 0 Å². The fraction of sp³-hybridized carbons (Fsp3) is 0.467. The number of carbonyl (C=O) groups is 2. The van der Waals surface area contributed by atoms with E-state index >= 15 is 0 Å². The fourth-order valence-electron chi connectivity index (χ4n) is 2.27. The molecule has 1 aliphatic heterocycles. The number of benzene rings is 1. The Morgan fingerprint density at radius 2 is 2.13 bits per heavy atom. The third kappa shape index (κ3) is 5.04. The van der Waals surface area contributed by atoms with Crippen LogP contribution in [-0.4, -0.2) is 38.7 Å². The minimum Gasteiger partial charge on any atom is -0.368 e. The van der Waals surface area contributed by atoms with Crippen LogP contribution >= 0.6 is 0 Å². The van der Waals surface area contributed by atoms with Crippen LogP contribution < -0.4 is 10.0 Å². The molecule has 8 heteroatoms. The number of rotatable bonds is 6. The van der Waals surface area contributed by atoms with Crippen molar-refractivity contribution in [3.05, 3.63) is 29.8 Å². The van der Waals surface area contributed by atoms with Crippen molar-refractivity contribution in [1.29, 1.82) is 0 Å². The third-order valence-electron chi connectivity index (χ3n) is 3.34. The Morgan fingerprint density at radius 1 is 1.35 bits per heavy atom. The Labute approximate surface area is 135 Å². The van der Waals surface area contributed by atoms with Crippen molar-refractivity contribution in [2.75, 3.05) is 17.7 Å². The zero-order chi connectivity index (χ0) is 16.9. The molecule has 2 rings (SSSR count). The minimum atomic E-state index is -3.63. The molecule has 1 aliphatic rings. The third-order valence-corrected chi connectivity index (χ3v) is 4.78. The summed E-state index contributed by atoms with van der Waals surface area (Å²) in [6, 6.07) is 6.12. The highest BCUT2D eigenvalue weighted by Gasteiger charge is 2.23. The van der Waals surface area contributed by atoms with Crippen LogP contribution in [0.25, 0.3) is 0 Å². The molecule has 0 unspecified atom stereocenters. The van der Waals surface area contributed by atoms with Gasteiger partial charge in [-0.1, -0.05) is 13.0 Å². The highest BCUT2D eigenvalue weighted by molar-refractivity contribution is 7.90. The lowest BCUT2D eigenvalue weighted by Crippen LogP contribution is -2.32. The largest absolute Gasteiger partial charge is 0.368 e. The van der Waals surface area contributed by atoms with Crippen LogP contribution in [0.5, 0.6) is 0 Å². The maximum Gasteiger partial charge on any atom is 0.264 e. The number of hydrogen-bond donors (Lipinski definition) is 2. The molecule has 1 heterocycles. The summed E-state index contributed by atoms with van der Waals surface area (Å²) >= 11 is 0. The Balaban J connectivity index is 2.04. The summed E-state index contributed by atoms with van der Waals surface area (Å²) < 4.78 is 30.6. The van der Waals surface area contributed by atoms with Crippen LogP contribution in [0.4, 0.5) is 5.69 Å². The fourth-order valence-corrected chi connectivity index (χ4v) is 3.31. The number of carbonyl (C=O) groups excluding carboxylic acids is 2. The van der Waals surface area contributed by atoms with Crippen molar-refractivity contribution in [2.24, 2.45) is 0 Å². The van der Waals surface area contributed by atoms with Gasteiger partial charge >= 0.3 is 0 Å². The molecule has 0 radical (unpaired) electrons. The second kappa shape index (κ2) is 7.56. The van der Waals surface area contributed by atoms with Gasteiger partial charge in [0.1, 0.15) is 6.10 Å². The van der Waals surface area contributed by atoms with Gasteiger partial charge in [-0.3, -0.25) is 9.59 Å². The van der Waals surface area contributed by atoms with E-state index in [9.17, 15) is 18.0 Å². The first-order chi connectivity index (χ1) is 10.9. The van der Waals surface area contributed by atoms with Crippen LogP contribution in [0.15, 0.2) is 24.3 Å². The highest BCUT2D eigenvalue weighted by atomic mass is 32.2. The Hall–Kier alpha value is -1.93. The number of nitrogens with one attached hydrogen (secondary N) is 2. The maximum absolute atomic E-state index is 12.0. The first kappa shape index (κ1) is 17.4. The van der Waals surface area contributed by atoms with Gasteiger partial charge in [-0.05, 0) is 37.5 Å². The summed E-state index contributed by atoms with van der Waals surface area (Å²) in [4.78, 5) is 24.0. The average Bonchev–Trinajstić information content (AvgIpc) is 3.01. The van der Waals surface area contributed by atoms with E-state index < -0.39 is 22.0 Å². The molecule has 126 valence electrons. The van der Waals surface area contributed by atoms with Crippen LogP contribution in [0.3, 0.4) is 0 Å². The highest BCUT2D eigenvalue weighted by Crippen LogP contribution is 2.16. The number of hydrogen-bond acceptors (Lipinski definition) is 5. The van der Waals surface area contributed by atoms with Crippen molar-refractivity contribution in [1.82, 2.24) is 4.72 Å². The Kier molecular flexibility index (Phi) is 5.73. The van der Waals surface area contributed by atoms with Gasteiger partial charge < -0.3 is 10.1 Å². The van der Waals surface area contributed by atoms with E-state index in [0.717, 1.165) is 6.42 Å². The Morgan fingerprint density at radius 3 is 2.78 bits per heavy atom. The average molecular weight is 340 g/mol.